The molecule has 2 aliphatic heterocycles. The first-order valence-electron chi connectivity index (χ1n) is 16.0. The molecular formula is C34H36F2N8O4. The average Bonchev–Trinajstić information content (AvgIpc) is 3.86. The molecule has 48 heavy (non-hydrogen) atoms. The highest BCUT2D eigenvalue weighted by atomic mass is 19.1. The minimum absolute atomic E-state index is 0.0340. The SMILES string of the molecule is CCCn1ncn(-c2ccc(N3CCN(c4ccc(OC[C@@H]5CO[C@@](Cn6cncn6)(c6ccc(F)cc6F)O5)cc4)CC3)cc2)c1=O. The Hall–Kier alpha value is -5.08. The van der Waals surface area contributed by atoms with Gasteiger partial charge in [0.1, 0.15) is 55.6 Å². The second-order valence-corrected chi connectivity index (χ2v) is 11.8. The van der Waals surface area contributed by atoms with E-state index in [1.807, 2.05) is 43.3 Å². The molecule has 0 amide bonds. The molecule has 4 heterocycles. The molecule has 14 heteroatoms. The van der Waals surface area contributed by atoms with Gasteiger partial charge in [0.05, 0.1) is 12.3 Å². The smallest absolute Gasteiger partial charge is 0.350 e. The van der Waals surface area contributed by atoms with Crippen LogP contribution in [0, 0.1) is 11.6 Å². The van der Waals surface area contributed by atoms with Crippen molar-refractivity contribution in [2.24, 2.45) is 0 Å². The zero-order chi connectivity index (χ0) is 33.1. The number of ether oxygens (including phenoxy) is 3. The summed E-state index contributed by atoms with van der Waals surface area (Å²) in [5.41, 5.74) is 2.96. The highest BCUT2D eigenvalue weighted by Gasteiger charge is 2.46. The molecule has 0 bridgehead atoms. The van der Waals surface area contributed by atoms with Crippen molar-refractivity contribution in [2.45, 2.75) is 38.3 Å². The van der Waals surface area contributed by atoms with Crippen LogP contribution in [0.4, 0.5) is 20.2 Å². The molecule has 250 valence electrons. The molecule has 0 saturated carbocycles. The summed E-state index contributed by atoms with van der Waals surface area (Å²) in [5, 5.41) is 8.31. The molecule has 0 aliphatic carbocycles. The predicted octanol–water partition coefficient (Wildman–Crippen LogP) is 3.99. The quantitative estimate of drug-likeness (QED) is 0.209. The van der Waals surface area contributed by atoms with E-state index < -0.39 is 23.5 Å². The highest BCUT2D eigenvalue weighted by molar-refractivity contribution is 5.54. The topological polar surface area (TPSA) is 105 Å². The van der Waals surface area contributed by atoms with Crippen LogP contribution in [-0.2, 0) is 28.4 Å². The number of hydrogen-bond donors (Lipinski definition) is 0. The van der Waals surface area contributed by atoms with Crippen LogP contribution < -0.4 is 20.2 Å². The number of hydrogen-bond acceptors (Lipinski definition) is 9. The van der Waals surface area contributed by atoms with E-state index in [9.17, 15) is 13.6 Å². The Kier molecular flexibility index (Phi) is 8.91. The van der Waals surface area contributed by atoms with Crippen LogP contribution in [0.15, 0.2) is 90.5 Å². The predicted molar refractivity (Wildman–Crippen MR) is 173 cm³/mol. The number of aryl methyl sites for hydroxylation is 1. The summed E-state index contributed by atoms with van der Waals surface area (Å²) in [6.45, 7) is 6.40. The summed E-state index contributed by atoms with van der Waals surface area (Å²) >= 11 is 0. The molecule has 0 spiro atoms. The summed E-state index contributed by atoms with van der Waals surface area (Å²) in [6.07, 6.45) is 4.77. The Balaban J connectivity index is 0.925. The van der Waals surface area contributed by atoms with Gasteiger partial charge in [0.25, 0.3) is 0 Å². The first-order chi connectivity index (χ1) is 23.4. The van der Waals surface area contributed by atoms with Crippen LogP contribution in [0.25, 0.3) is 5.69 Å². The van der Waals surface area contributed by atoms with Crippen LogP contribution in [0.5, 0.6) is 5.75 Å². The van der Waals surface area contributed by atoms with E-state index in [1.165, 1.54) is 34.2 Å². The summed E-state index contributed by atoms with van der Waals surface area (Å²) in [6, 6.07) is 19.2. The van der Waals surface area contributed by atoms with E-state index in [2.05, 4.69) is 37.1 Å². The lowest BCUT2D eigenvalue weighted by molar-refractivity contribution is -0.192. The van der Waals surface area contributed by atoms with Crippen molar-refractivity contribution in [3.63, 3.8) is 0 Å². The molecule has 2 aromatic heterocycles. The van der Waals surface area contributed by atoms with Crippen LogP contribution in [-0.4, -0.2) is 74.6 Å². The average molecular weight is 659 g/mol. The lowest BCUT2D eigenvalue weighted by atomic mass is 10.0. The lowest BCUT2D eigenvalue weighted by Gasteiger charge is -2.37. The number of halogens is 2. The minimum atomic E-state index is -1.51. The van der Waals surface area contributed by atoms with Gasteiger partial charge in [-0.2, -0.15) is 10.2 Å². The molecule has 2 atom stereocenters. The lowest BCUT2D eigenvalue weighted by Crippen LogP contribution is -2.46. The van der Waals surface area contributed by atoms with E-state index in [-0.39, 0.29) is 31.0 Å². The maximum atomic E-state index is 14.9. The highest BCUT2D eigenvalue weighted by Crippen LogP contribution is 2.38. The van der Waals surface area contributed by atoms with Gasteiger partial charge in [-0.05, 0) is 67.1 Å². The van der Waals surface area contributed by atoms with Gasteiger partial charge in [0, 0.05) is 55.7 Å². The second-order valence-electron chi connectivity index (χ2n) is 11.8. The molecule has 0 N–H and O–H groups in total. The first kappa shape index (κ1) is 31.5. The van der Waals surface area contributed by atoms with E-state index in [4.69, 9.17) is 14.2 Å². The van der Waals surface area contributed by atoms with Crippen molar-refractivity contribution in [1.29, 1.82) is 0 Å². The largest absolute Gasteiger partial charge is 0.491 e. The van der Waals surface area contributed by atoms with Gasteiger partial charge in [0.2, 0.25) is 5.79 Å². The Bertz CT molecular complexity index is 1870. The summed E-state index contributed by atoms with van der Waals surface area (Å²) in [4.78, 5) is 21.2. The van der Waals surface area contributed by atoms with Crippen LogP contribution >= 0.6 is 0 Å². The van der Waals surface area contributed by atoms with E-state index >= 15 is 0 Å². The summed E-state index contributed by atoms with van der Waals surface area (Å²) < 4.78 is 51.3. The number of anilines is 2. The van der Waals surface area contributed by atoms with E-state index in [0.717, 1.165) is 55.7 Å². The minimum Gasteiger partial charge on any atom is -0.491 e. The molecule has 12 nitrogen and oxygen atoms in total. The molecule has 5 aromatic rings. The van der Waals surface area contributed by atoms with E-state index in [0.29, 0.717) is 12.3 Å². The maximum absolute atomic E-state index is 14.9. The fraction of sp³-hybridized carbons (Fsp3) is 0.353. The van der Waals surface area contributed by atoms with Gasteiger partial charge < -0.3 is 24.0 Å². The van der Waals surface area contributed by atoms with Crippen LogP contribution in [0.2, 0.25) is 0 Å². The van der Waals surface area contributed by atoms with Crippen molar-refractivity contribution in [3.05, 3.63) is 113 Å². The third-order valence-electron chi connectivity index (χ3n) is 8.62. The van der Waals surface area contributed by atoms with Crippen LogP contribution in [0.3, 0.4) is 0 Å². The Morgan fingerprint density at radius 2 is 1.58 bits per heavy atom. The van der Waals surface area contributed by atoms with Gasteiger partial charge in [-0.3, -0.25) is 0 Å². The van der Waals surface area contributed by atoms with Gasteiger partial charge >= 0.3 is 5.69 Å². The molecule has 2 saturated heterocycles. The van der Waals surface area contributed by atoms with E-state index in [1.54, 1.807) is 10.9 Å². The zero-order valence-corrected chi connectivity index (χ0v) is 26.5. The van der Waals surface area contributed by atoms with Crippen molar-refractivity contribution in [2.75, 3.05) is 49.2 Å². The van der Waals surface area contributed by atoms with Crippen molar-refractivity contribution < 1.29 is 23.0 Å². The van der Waals surface area contributed by atoms with Gasteiger partial charge in [-0.15, -0.1) is 0 Å². The number of nitrogens with zero attached hydrogens (tertiary/aromatic N) is 8. The Morgan fingerprint density at radius 3 is 2.23 bits per heavy atom. The second kappa shape index (κ2) is 13.6. The third kappa shape index (κ3) is 6.53. The Labute approximate surface area is 275 Å². The fourth-order valence-corrected chi connectivity index (χ4v) is 6.15. The summed E-state index contributed by atoms with van der Waals surface area (Å²) in [7, 11) is 0. The monoisotopic (exact) mass is 658 g/mol. The normalized spacial score (nSPS) is 19.6. The first-order valence-corrected chi connectivity index (χ1v) is 16.0. The zero-order valence-electron chi connectivity index (χ0n) is 26.5. The fourth-order valence-electron chi connectivity index (χ4n) is 6.15. The standard InChI is InChI=1S/C34H36F2N8O4/c1-2-13-44-33(45)43(24-39-44)28-6-4-26(5-7-28)40-14-16-41(17-15-40)27-8-10-29(11-9-27)46-19-30-20-47-34(48-30,21-42-23-37-22-38-42)31-12-3-25(35)18-32(31)36/h3-12,18,22-24,30H,2,13-17,19-21H2,1H3/t30-,34-/m1/s1. The molecule has 0 unspecified atom stereocenters. The molecular weight excluding hydrogens is 622 g/mol. The van der Waals surface area contributed by atoms with Crippen LogP contribution in [0.1, 0.15) is 18.9 Å². The van der Waals surface area contributed by atoms with Gasteiger partial charge in [0.15, 0.2) is 0 Å². The van der Waals surface area contributed by atoms with Gasteiger partial charge in [-0.1, -0.05) is 6.92 Å². The third-order valence-corrected chi connectivity index (χ3v) is 8.62. The molecule has 0 radical (unpaired) electrons. The number of benzene rings is 3. The molecule has 2 aliphatic rings. The molecule has 3 aromatic carbocycles. The van der Waals surface area contributed by atoms with Crippen molar-refractivity contribution in [1.82, 2.24) is 29.1 Å². The molecule has 2 fully saturated rings. The number of piperazine rings is 1. The summed E-state index contributed by atoms with van der Waals surface area (Å²) in [5.74, 6) is -2.29. The number of rotatable bonds is 11. The molecule has 7 rings (SSSR count). The Morgan fingerprint density at radius 1 is 0.896 bits per heavy atom. The maximum Gasteiger partial charge on any atom is 0.350 e. The van der Waals surface area contributed by atoms with Crippen molar-refractivity contribution >= 4 is 11.4 Å². The van der Waals surface area contributed by atoms with Gasteiger partial charge in [-0.25, -0.2) is 32.5 Å². The number of aromatic nitrogens is 6. The van der Waals surface area contributed by atoms with Crippen molar-refractivity contribution in [3.8, 4) is 11.4 Å².